The lowest BCUT2D eigenvalue weighted by Crippen LogP contribution is -2.16. The highest BCUT2D eigenvalue weighted by Crippen LogP contribution is 2.35. The number of nitrogens with zero attached hydrogens (tertiary/aromatic N) is 1. The Labute approximate surface area is 154 Å². The monoisotopic (exact) mass is 374 g/mol. The Kier molecular flexibility index (Phi) is 5.30. The first-order valence-corrected chi connectivity index (χ1v) is 8.39. The fourth-order valence-corrected chi connectivity index (χ4v) is 2.62. The summed E-state index contributed by atoms with van der Waals surface area (Å²) in [5.41, 5.74) is -0.780. The minimum atomic E-state index is -4.53. The van der Waals surface area contributed by atoms with Gasteiger partial charge in [0.1, 0.15) is 11.4 Å². The van der Waals surface area contributed by atoms with Gasteiger partial charge in [0.25, 0.3) is 5.91 Å². The number of nitrogens with one attached hydrogen (secondary N) is 1. The zero-order chi connectivity index (χ0) is 19.4. The molecule has 0 bridgehead atoms. The SMILES string of the molecule is CCCOc1ccc(C(F)(F)F)cc1NC(=O)c1nccc2ccccc12. The van der Waals surface area contributed by atoms with Crippen LogP contribution in [-0.4, -0.2) is 17.5 Å². The highest BCUT2D eigenvalue weighted by Gasteiger charge is 2.31. The molecule has 0 atom stereocenters. The molecule has 0 spiro atoms. The number of fused-ring (bicyclic) bond motifs is 1. The van der Waals surface area contributed by atoms with Gasteiger partial charge in [0, 0.05) is 11.6 Å². The number of alkyl halides is 3. The molecule has 1 N–H and O–H groups in total. The zero-order valence-electron chi connectivity index (χ0n) is 14.5. The van der Waals surface area contributed by atoms with Crippen molar-refractivity contribution in [2.24, 2.45) is 0 Å². The molecule has 27 heavy (non-hydrogen) atoms. The number of ether oxygens (including phenoxy) is 1. The second-order valence-electron chi connectivity index (χ2n) is 5.89. The van der Waals surface area contributed by atoms with Crippen LogP contribution in [0.5, 0.6) is 5.75 Å². The van der Waals surface area contributed by atoms with Crippen LogP contribution in [0.4, 0.5) is 18.9 Å². The van der Waals surface area contributed by atoms with Gasteiger partial charge in [0.05, 0.1) is 17.9 Å². The number of pyridine rings is 1. The third-order valence-corrected chi connectivity index (χ3v) is 3.91. The van der Waals surface area contributed by atoms with E-state index in [0.717, 1.165) is 17.5 Å². The number of anilines is 1. The Morgan fingerprint density at radius 2 is 1.93 bits per heavy atom. The van der Waals surface area contributed by atoms with Crippen molar-refractivity contribution in [2.75, 3.05) is 11.9 Å². The Hall–Kier alpha value is -3.09. The molecule has 0 aliphatic rings. The van der Waals surface area contributed by atoms with Crippen molar-refractivity contribution < 1.29 is 22.7 Å². The molecule has 4 nitrogen and oxygen atoms in total. The number of hydrogen-bond donors (Lipinski definition) is 1. The van der Waals surface area contributed by atoms with Gasteiger partial charge in [-0.2, -0.15) is 13.2 Å². The molecule has 0 radical (unpaired) electrons. The highest BCUT2D eigenvalue weighted by atomic mass is 19.4. The molecule has 0 fully saturated rings. The van der Waals surface area contributed by atoms with Crippen LogP contribution in [0.25, 0.3) is 10.8 Å². The Bertz CT molecular complexity index is 966. The molecule has 2 aromatic carbocycles. The third-order valence-electron chi connectivity index (χ3n) is 3.91. The van der Waals surface area contributed by atoms with Gasteiger partial charge in [0.2, 0.25) is 0 Å². The fourth-order valence-electron chi connectivity index (χ4n) is 2.62. The molecule has 0 aliphatic carbocycles. The van der Waals surface area contributed by atoms with Gasteiger partial charge in [-0.1, -0.05) is 31.2 Å². The molecule has 0 unspecified atom stereocenters. The lowest BCUT2D eigenvalue weighted by Gasteiger charge is -2.15. The van der Waals surface area contributed by atoms with Crippen LogP contribution in [0, 0.1) is 0 Å². The van der Waals surface area contributed by atoms with E-state index in [2.05, 4.69) is 10.3 Å². The van der Waals surface area contributed by atoms with Crippen molar-refractivity contribution in [3.05, 3.63) is 66.0 Å². The van der Waals surface area contributed by atoms with E-state index >= 15 is 0 Å². The number of hydrogen-bond acceptors (Lipinski definition) is 3. The van der Waals surface area contributed by atoms with Crippen LogP contribution >= 0.6 is 0 Å². The standard InChI is InChI=1S/C20H17F3N2O2/c1-2-11-27-17-8-7-14(20(21,22)23)12-16(17)25-19(26)18-15-6-4-3-5-13(15)9-10-24-18/h3-10,12H,2,11H2,1H3,(H,25,26). The Morgan fingerprint density at radius 1 is 1.15 bits per heavy atom. The summed E-state index contributed by atoms with van der Waals surface area (Å²) >= 11 is 0. The lowest BCUT2D eigenvalue weighted by molar-refractivity contribution is -0.137. The van der Waals surface area contributed by atoms with Crippen molar-refractivity contribution >= 4 is 22.4 Å². The van der Waals surface area contributed by atoms with Crippen LogP contribution in [0.2, 0.25) is 0 Å². The van der Waals surface area contributed by atoms with Crippen LogP contribution in [-0.2, 0) is 6.18 Å². The molecule has 7 heteroatoms. The normalized spacial score (nSPS) is 11.4. The van der Waals surface area contributed by atoms with Crippen LogP contribution in [0.15, 0.2) is 54.7 Å². The van der Waals surface area contributed by atoms with Crippen molar-refractivity contribution in [3.8, 4) is 5.75 Å². The Morgan fingerprint density at radius 3 is 2.67 bits per heavy atom. The summed E-state index contributed by atoms with van der Waals surface area (Å²) in [7, 11) is 0. The summed E-state index contributed by atoms with van der Waals surface area (Å²) in [6.07, 6.45) is -2.36. The van der Waals surface area contributed by atoms with Gasteiger partial charge in [-0.05, 0) is 36.1 Å². The Balaban J connectivity index is 1.98. The molecule has 0 saturated carbocycles. The summed E-state index contributed by atoms with van der Waals surface area (Å²) in [4.78, 5) is 16.8. The number of aromatic nitrogens is 1. The van der Waals surface area contributed by atoms with Crippen molar-refractivity contribution in [1.29, 1.82) is 0 Å². The van der Waals surface area contributed by atoms with E-state index in [1.54, 1.807) is 18.2 Å². The molecular weight excluding hydrogens is 357 g/mol. The maximum atomic E-state index is 13.1. The number of rotatable bonds is 5. The number of benzene rings is 2. The van der Waals surface area contributed by atoms with Gasteiger partial charge in [-0.3, -0.25) is 9.78 Å². The summed E-state index contributed by atoms with van der Waals surface area (Å²) in [5.74, 6) is -0.425. The largest absolute Gasteiger partial charge is 0.491 e. The minimum absolute atomic E-state index is 0.0435. The van der Waals surface area contributed by atoms with Gasteiger partial charge in [-0.15, -0.1) is 0 Å². The second-order valence-corrected chi connectivity index (χ2v) is 5.89. The summed E-state index contributed by atoms with van der Waals surface area (Å²) in [6.45, 7) is 2.20. The number of halogens is 3. The van der Waals surface area contributed by atoms with Gasteiger partial charge in [-0.25, -0.2) is 0 Å². The minimum Gasteiger partial charge on any atom is -0.491 e. The molecule has 0 aliphatic heterocycles. The van der Waals surface area contributed by atoms with Crippen molar-refractivity contribution in [3.63, 3.8) is 0 Å². The fraction of sp³-hybridized carbons (Fsp3) is 0.200. The maximum Gasteiger partial charge on any atom is 0.416 e. The average Bonchev–Trinajstić information content (AvgIpc) is 2.65. The summed E-state index contributed by atoms with van der Waals surface area (Å²) < 4.78 is 44.6. The van der Waals surface area contributed by atoms with Gasteiger partial charge in [0.15, 0.2) is 0 Å². The van der Waals surface area contributed by atoms with E-state index in [9.17, 15) is 18.0 Å². The van der Waals surface area contributed by atoms with Gasteiger partial charge >= 0.3 is 6.18 Å². The number of carbonyl (C=O) groups is 1. The predicted octanol–water partition coefficient (Wildman–Crippen LogP) is 5.29. The van der Waals surface area contributed by atoms with E-state index in [1.165, 1.54) is 12.3 Å². The van der Waals surface area contributed by atoms with E-state index < -0.39 is 17.6 Å². The predicted molar refractivity (Wildman–Crippen MR) is 96.9 cm³/mol. The zero-order valence-corrected chi connectivity index (χ0v) is 14.5. The van der Waals surface area contributed by atoms with Crippen molar-refractivity contribution in [2.45, 2.75) is 19.5 Å². The van der Waals surface area contributed by atoms with Crippen molar-refractivity contribution in [1.82, 2.24) is 4.98 Å². The first-order valence-electron chi connectivity index (χ1n) is 8.39. The topological polar surface area (TPSA) is 51.2 Å². The first kappa shape index (κ1) is 18.7. The number of amides is 1. The van der Waals surface area contributed by atoms with Gasteiger partial charge < -0.3 is 10.1 Å². The first-order chi connectivity index (χ1) is 12.9. The van der Waals surface area contributed by atoms with Crippen LogP contribution < -0.4 is 10.1 Å². The highest BCUT2D eigenvalue weighted by molar-refractivity contribution is 6.11. The smallest absolute Gasteiger partial charge is 0.416 e. The molecule has 1 aromatic heterocycles. The van der Waals surface area contributed by atoms with Crippen LogP contribution in [0.1, 0.15) is 29.4 Å². The van der Waals surface area contributed by atoms with E-state index in [0.29, 0.717) is 18.4 Å². The lowest BCUT2D eigenvalue weighted by atomic mass is 10.1. The number of carbonyl (C=O) groups excluding carboxylic acids is 1. The molecular formula is C20H17F3N2O2. The summed E-state index contributed by atoms with van der Waals surface area (Å²) in [5, 5.41) is 3.93. The second kappa shape index (κ2) is 7.65. The molecule has 3 rings (SSSR count). The van der Waals surface area contributed by atoms with E-state index in [4.69, 9.17) is 4.74 Å². The van der Waals surface area contributed by atoms with E-state index in [1.807, 2.05) is 19.1 Å². The van der Waals surface area contributed by atoms with Crippen LogP contribution in [0.3, 0.4) is 0 Å². The maximum absolute atomic E-state index is 13.1. The molecule has 3 aromatic rings. The van der Waals surface area contributed by atoms with E-state index in [-0.39, 0.29) is 17.1 Å². The molecule has 1 amide bonds. The molecule has 1 heterocycles. The average molecular weight is 374 g/mol. The quantitative estimate of drug-likeness (QED) is 0.660. The molecule has 0 saturated heterocycles. The molecule has 140 valence electrons. The third kappa shape index (κ3) is 4.19. The summed E-state index contributed by atoms with van der Waals surface area (Å²) in [6, 6.07) is 11.9.